The molecule has 0 spiro atoms. The molecular formula is C25H16BrN3O4. The van der Waals surface area contributed by atoms with Gasteiger partial charge in [-0.2, -0.15) is 10.1 Å². The van der Waals surface area contributed by atoms with E-state index in [2.05, 4.69) is 45.3 Å². The van der Waals surface area contributed by atoms with Gasteiger partial charge in [0.15, 0.2) is 0 Å². The number of nitro benzene ring substituents is 1. The van der Waals surface area contributed by atoms with Crippen LogP contribution < -0.4 is 0 Å². The molecule has 0 saturated carbocycles. The number of rotatable bonds is 3. The van der Waals surface area contributed by atoms with Crippen molar-refractivity contribution in [3.63, 3.8) is 0 Å². The molecule has 7 nitrogen and oxygen atoms in total. The SMILES string of the molecule is O=C1[C@@H]2C3c4ccccc4C(c4ccccc43)[C@@H]2C(=O)N1/N=C\c1ccc([N+](=O)[O-])cc1Br. The van der Waals surface area contributed by atoms with Crippen LogP contribution >= 0.6 is 15.9 Å². The van der Waals surface area contributed by atoms with Gasteiger partial charge in [0.2, 0.25) is 0 Å². The molecule has 2 bridgehead atoms. The molecule has 3 aromatic rings. The van der Waals surface area contributed by atoms with Crippen molar-refractivity contribution in [2.45, 2.75) is 11.8 Å². The van der Waals surface area contributed by atoms with Gasteiger partial charge in [0.05, 0.1) is 23.0 Å². The summed E-state index contributed by atoms with van der Waals surface area (Å²) < 4.78 is 0.455. The van der Waals surface area contributed by atoms with Crippen molar-refractivity contribution in [3.05, 3.63) is 109 Å². The highest BCUT2D eigenvalue weighted by Crippen LogP contribution is 2.60. The maximum Gasteiger partial charge on any atom is 0.270 e. The maximum absolute atomic E-state index is 13.5. The fraction of sp³-hybridized carbons (Fsp3) is 0.160. The second-order valence-corrected chi connectivity index (χ2v) is 9.31. The summed E-state index contributed by atoms with van der Waals surface area (Å²) >= 11 is 3.30. The molecule has 4 aliphatic rings. The Labute approximate surface area is 197 Å². The summed E-state index contributed by atoms with van der Waals surface area (Å²) in [6.07, 6.45) is 1.39. The molecule has 3 aliphatic carbocycles. The lowest BCUT2D eigenvalue weighted by molar-refractivity contribution is -0.384. The molecule has 3 aromatic carbocycles. The third-order valence-electron chi connectivity index (χ3n) is 6.93. The number of nitrogens with zero attached hydrogens (tertiary/aromatic N) is 3. The lowest BCUT2D eigenvalue weighted by Gasteiger charge is -2.45. The van der Waals surface area contributed by atoms with Gasteiger partial charge < -0.3 is 0 Å². The smallest absolute Gasteiger partial charge is 0.270 e. The Bertz CT molecular complexity index is 1290. The Morgan fingerprint density at radius 1 is 0.848 bits per heavy atom. The zero-order chi connectivity index (χ0) is 22.9. The second kappa shape index (κ2) is 7.18. The minimum Gasteiger partial charge on any atom is -0.272 e. The van der Waals surface area contributed by atoms with E-state index in [1.54, 1.807) is 0 Å². The Hall–Kier alpha value is -3.65. The third kappa shape index (κ3) is 2.77. The number of hydrazone groups is 1. The number of nitro groups is 1. The monoisotopic (exact) mass is 501 g/mol. The Balaban J connectivity index is 1.41. The van der Waals surface area contributed by atoms with Crippen molar-refractivity contribution >= 4 is 39.6 Å². The molecule has 8 heteroatoms. The highest BCUT2D eigenvalue weighted by Gasteiger charge is 2.61. The molecule has 2 amide bonds. The van der Waals surface area contributed by atoms with Gasteiger partial charge >= 0.3 is 0 Å². The summed E-state index contributed by atoms with van der Waals surface area (Å²) in [7, 11) is 0. The average Bonchev–Trinajstić information content (AvgIpc) is 3.08. The largest absolute Gasteiger partial charge is 0.272 e. The minimum absolute atomic E-state index is 0.0644. The van der Waals surface area contributed by atoms with Crippen LogP contribution in [-0.4, -0.2) is 28.0 Å². The number of halogens is 1. The van der Waals surface area contributed by atoms with Gasteiger partial charge in [-0.15, -0.1) is 0 Å². The molecule has 162 valence electrons. The predicted molar refractivity (Wildman–Crippen MR) is 124 cm³/mol. The van der Waals surface area contributed by atoms with E-state index in [0.29, 0.717) is 10.0 Å². The van der Waals surface area contributed by atoms with Crippen molar-refractivity contribution in [2.24, 2.45) is 16.9 Å². The standard InChI is InChI=1S/C25H16BrN3O4/c26-19-11-14(29(32)33)10-9-13(19)12-27-28-24(30)22-20-15-5-1-2-6-16(15)21(23(22)25(28)31)18-8-4-3-7-17(18)20/h1-12,20-23H/b27-12-/t20?,21?,22-,23+. The van der Waals surface area contributed by atoms with Crippen molar-refractivity contribution in [1.82, 2.24) is 5.01 Å². The van der Waals surface area contributed by atoms with Crippen LogP contribution in [0.1, 0.15) is 39.7 Å². The van der Waals surface area contributed by atoms with E-state index in [9.17, 15) is 19.7 Å². The molecule has 33 heavy (non-hydrogen) atoms. The molecule has 0 unspecified atom stereocenters. The van der Waals surface area contributed by atoms with Crippen LogP contribution in [0.3, 0.4) is 0 Å². The average molecular weight is 502 g/mol. The minimum atomic E-state index is -0.496. The highest BCUT2D eigenvalue weighted by molar-refractivity contribution is 9.10. The molecule has 1 aliphatic heterocycles. The zero-order valence-corrected chi connectivity index (χ0v) is 18.7. The van der Waals surface area contributed by atoms with Crippen molar-refractivity contribution in [1.29, 1.82) is 0 Å². The van der Waals surface area contributed by atoms with E-state index in [4.69, 9.17) is 0 Å². The van der Waals surface area contributed by atoms with Gasteiger partial charge in [-0.1, -0.05) is 48.5 Å². The molecule has 7 rings (SSSR count). The fourth-order valence-electron chi connectivity index (χ4n) is 5.63. The van der Waals surface area contributed by atoms with Crippen LogP contribution in [-0.2, 0) is 9.59 Å². The normalized spacial score (nSPS) is 24.7. The van der Waals surface area contributed by atoms with Crippen LogP contribution in [0.2, 0.25) is 0 Å². The number of hydrogen-bond donors (Lipinski definition) is 0. The van der Waals surface area contributed by atoms with Gasteiger partial charge in [-0.05, 0) is 44.3 Å². The van der Waals surface area contributed by atoms with Crippen LogP contribution in [0.4, 0.5) is 5.69 Å². The summed E-state index contributed by atoms with van der Waals surface area (Å²) in [6.45, 7) is 0. The third-order valence-corrected chi connectivity index (χ3v) is 7.62. The number of carbonyl (C=O) groups excluding carboxylic acids is 2. The molecule has 1 heterocycles. The summed E-state index contributed by atoms with van der Waals surface area (Å²) in [5.41, 5.74) is 4.89. The first kappa shape index (κ1) is 20.0. The van der Waals surface area contributed by atoms with Crippen LogP contribution in [0, 0.1) is 22.0 Å². The second-order valence-electron chi connectivity index (χ2n) is 8.46. The van der Waals surface area contributed by atoms with Crippen molar-refractivity contribution < 1.29 is 14.5 Å². The van der Waals surface area contributed by atoms with Gasteiger partial charge in [0, 0.05) is 34.0 Å². The topological polar surface area (TPSA) is 92.9 Å². The van der Waals surface area contributed by atoms with E-state index >= 15 is 0 Å². The first-order valence-electron chi connectivity index (χ1n) is 10.5. The first-order chi connectivity index (χ1) is 16.0. The summed E-state index contributed by atoms with van der Waals surface area (Å²) in [6, 6.07) is 20.3. The Morgan fingerprint density at radius 2 is 1.33 bits per heavy atom. The quantitative estimate of drug-likeness (QED) is 0.227. The van der Waals surface area contributed by atoms with E-state index in [0.717, 1.165) is 27.3 Å². The highest BCUT2D eigenvalue weighted by atomic mass is 79.9. The fourth-order valence-corrected chi connectivity index (χ4v) is 6.10. The number of non-ortho nitro benzene ring substituents is 1. The number of amides is 2. The Morgan fingerprint density at radius 3 is 1.76 bits per heavy atom. The number of carbonyl (C=O) groups is 2. The zero-order valence-electron chi connectivity index (χ0n) is 17.1. The summed E-state index contributed by atoms with van der Waals surface area (Å²) in [4.78, 5) is 37.5. The first-order valence-corrected chi connectivity index (χ1v) is 11.3. The molecule has 0 aromatic heterocycles. The van der Waals surface area contributed by atoms with Crippen molar-refractivity contribution in [3.8, 4) is 0 Å². The van der Waals surface area contributed by atoms with Gasteiger partial charge in [-0.3, -0.25) is 19.7 Å². The number of hydrogen-bond acceptors (Lipinski definition) is 5. The van der Waals surface area contributed by atoms with E-state index < -0.39 is 16.8 Å². The lowest BCUT2D eigenvalue weighted by Crippen LogP contribution is -2.41. The summed E-state index contributed by atoms with van der Waals surface area (Å²) in [5.74, 6) is -1.98. The maximum atomic E-state index is 13.5. The summed E-state index contributed by atoms with van der Waals surface area (Å²) in [5, 5.41) is 16.2. The van der Waals surface area contributed by atoms with E-state index in [1.165, 1.54) is 24.4 Å². The van der Waals surface area contributed by atoms with E-state index in [1.807, 2.05) is 24.3 Å². The number of benzene rings is 3. The Kier molecular flexibility index (Phi) is 4.35. The van der Waals surface area contributed by atoms with Crippen molar-refractivity contribution in [2.75, 3.05) is 0 Å². The predicted octanol–water partition coefficient (Wildman–Crippen LogP) is 4.58. The van der Waals surface area contributed by atoms with Gasteiger partial charge in [0.1, 0.15) is 0 Å². The molecule has 0 N–H and O–H groups in total. The van der Waals surface area contributed by atoms with Crippen LogP contribution in [0.25, 0.3) is 0 Å². The lowest BCUT2D eigenvalue weighted by atomic mass is 9.55. The van der Waals surface area contributed by atoms with Crippen LogP contribution in [0.15, 0.2) is 76.3 Å². The van der Waals surface area contributed by atoms with Gasteiger partial charge in [-0.25, -0.2) is 0 Å². The molecule has 0 radical (unpaired) electrons. The molecule has 1 saturated heterocycles. The molecule has 1 fully saturated rings. The number of imide groups is 1. The van der Waals surface area contributed by atoms with E-state index in [-0.39, 0.29) is 29.3 Å². The molecular weight excluding hydrogens is 486 g/mol. The van der Waals surface area contributed by atoms with Crippen LogP contribution in [0.5, 0.6) is 0 Å². The molecule has 2 atom stereocenters. The van der Waals surface area contributed by atoms with Gasteiger partial charge in [0.25, 0.3) is 17.5 Å².